The lowest BCUT2D eigenvalue weighted by Gasteiger charge is -2.36. The first-order chi connectivity index (χ1) is 12.8. The second-order valence-electron chi connectivity index (χ2n) is 5.98. The number of hydrogen-bond donors (Lipinski definition) is 1. The highest BCUT2D eigenvalue weighted by molar-refractivity contribution is 5.93. The first-order valence-corrected chi connectivity index (χ1v) is 8.04. The molecular formula is C17H13N5O4. The molecule has 0 unspecified atom stereocenters. The molecule has 1 amide bonds. The number of amides is 1. The summed E-state index contributed by atoms with van der Waals surface area (Å²) in [7, 11) is 0. The fourth-order valence-electron chi connectivity index (χ4n) is 2.86. The molecule has 0 atom stereocenters. The zero-order valence-corrected chi connectivity index (χ0v) is 13.5. The molecule has 1 fully saturated rings. The Labute approximate surface area is 146 Å². The molecule has 0 radical (unpaired) electrons. The van der Waals surface area contributed by atoms with Gasteiger partial charge in [0.1, 0.15) is 5.69 Å². The van der Waals surface area contributed by atoms with E-state index in [2.05, 4.69) is 20.3 Å². The Morgan fingerprint density at radius 1 is 1.15 bits per heavy atom. The summed E-state index contributed by atoms with van der Waals surface area (Å²) < 4.78 is 15.8. The lowest BCUT2D eigenvalue weighted by molar-refractivity contribution is 0.0563. The molecule has 5 heterocycles. The third kappa shape index (κ3) is 2.41. The van der Waals surface area contributed by atoms with E-state index in [1.165, 1.54) is 0 Å². The number of rotatable bonds is 4. The van der Waals surface area contributed by atoms with Crippen molar-refractivity contribution < 1.29 is 18.2 Å². The minimum absolute atomic E-state index is 0.0126. The van der Waals surface area contributed by atoms with Crippen molar-refractivity contribution in [2.24, 2.45) is 0 Å². The summed E-state index contributed by atoms with van der Waals surface area (Å²) in [5.74, 6) is 1.95. The Morgan fingerprint density at radius 2 is 1.92 bits per heavy atom. The maximum Gasteiger partial charge on any atom is 0.274 e. The minimum atomic E-state index is -0.152. The fourth-order valence-corrected chi connectivity index (χ4v) is 2.86. The monoisotopic (exact) mass is 351 g/mol. The van der Waals surface area contributed by atoms with E-state index in [4.69, 9.17) is 13.4 Å². The van der Waals surface area contributed by atoms with Crippen LogP contribution in [0, 0.1) is 0 Å². The quantitative estimate of drug-likeness (QED) is 0.601. The van der Waals surface area contributed by atoms with E-state index >= 15 is 0 Å². The van der Waals surface area contributed by atoms with Gasteiger partial charge in [0, 0.05) is 19.2 Å². The van der Waals surface area contributed by atoms with Gasteiger partial charge >= 0.3 is 0 Å². The summed E-state index contributed by atoms with van der Waals surface area (Å²) in [6.45, 7) is 1.00. The van der Waals surface area contributed by atoms with Crippen molar-refractivity contribution in [2.75, 3.05) is 13.1 Å². The standard InChI is InChI=1S/C17H13N5O4/c23-17(12-7-11(19-20-12)13-3-1-5-24-13)22-8-10(9-22)16-18-15(21-26-16)14-4-2-6-25-14/h1-7,10H,8-9H2,(H,19,20). The van der Waals surface area contributed by atoms with Crippen molar-refractivity contribution in [3.63, 3.8) is 0 Å². The van der Waals surface area contributed by atoms with Crippen molar-refractivity contribution in [3.8, 4) is 23.0 Å². The predicted molar refractivity (Wildman–Crippen MR) is 86.9 cm³/mol. The molecular weight excluding hydrogens is 338 g/mol. The zero-order valence-electron chi connectivity index (χ0n) is 13.5. The molecule has 5 rings (SSSR count). The van der Waals surface area contributed by atoms with Crippen LogP contribution in [0.3, 0.4) is 0 Å². The van der Waals surface area contributed by atoms with E-state index in [-0.39, 0.29) is 11.8 Å². The van der Waals surface area contributed by atoms with Crippen LogP contribution in [0.2, 0.25) is 0 Å². The van der Waals surface area contributed by atoms with Crippen molar-refractivity contribution in [3.05, 3.63) is 54.4 Å². The molecule has 0 bridgehead atoms. The van der Waals surface area contributed by atoms with Gasteiger partial charge in [-0.05, 0) is 24.3 Å². The topological polar surface area (TPSA) is 114 Å². The average molecular weight is 351 g/mol. The van der Waals surface area contributed by atoms with Gasteiger partial charge in [-0.3, -0.25) is 9.89 Å². The van der Waals surface area contributed by atoms with Crippen molar-refractivity contribution >= 4 is 5.91 Å². The van der Waals surface area contributed by atoms with Gasteiger partial charge in [0.25, 0.3) is 5.91 Å². The molecule has 1 saturated heterocycles. The summed E-state index contributed by atoms with van der Waals surface area (Å²) in [4.78, 5) is 18.5. The molecule has 0 aliphatic carbocycles. The first kappa shape index (κ1) is 14.7. The summed E-state index contributed by atoms with van der Waals surface area (Å²) in [6, 6.07) is 8.78. The Hall–Kier alpha value is -3.62. The molecule has 9 heteroatoms. The molecule has 130 valence electrons. The molecule has 26 heavy (non-hydrogen) atoms. The maximum atomic E-state index is 12.5. The lowest BCUT2D eigenvalue weighted by Crippen LogP contribution is -2.48. The van der Waals surface area contributed by atoms with Crippen LogP contribution in [0.1, 0.15) is 22.3 Å². The van der Waals surface area contributed by atoms with E-state index in [0.29, 0.717) is 47.7 Å². The Bertz CT molecular complexity index is 1030. The highest BCUT2D eigenvalue weighted by atomic mass is 16.5. The van der Waals surface area contributed by atoms with Crippen molar-refractivity contribution in [2.45, 2.75) is 5.92 Å². The van der Waals surface area contributed by atoms with Gasteiger partial charge in [0.05, 0.1) is 18.4 Å². The van der Waals surface area contributed by atoms with Gasteiger partial charge in [-0.25, -0.2) is 0 Å². The van der Waals surface area contributed by atoms with Gasteiger partial charge in [-0.1, -0.05) is 5.16 Å². The molecule has 1 N–H and O–H groups in total. The Morgan fingerprint density at radius 3 is 2.65 bits per heavy atom. The zero-order chi connectivity index (χ0) is 17.5. The van der Waals surface area contributed by atoms with Crippen LogP contribution in [0.15, 0.2) is 56.2 Å². The predicted octanol–water partition coefficient (Wildman–Crippen LogP) is 2.55. The second-order valence-corrected chi connectivity index (χ2v) is 5.98. The van der Waals surface area contributed by atoms with Crippen LogP contribution in [-0.4, -0.2) is 44.2 Å². The normalized spacial score (nSPS) is 14.5. The number of carbonyl (C=O) groups is 1. The van der Waals surface area contributed by atoms with E-state index in [9.17, 15) is 4.79 Å². The SMILES string of the molecule is O=C(c1cc(-c2ccco2)[nH]n1)N1CC(c2nc(-c3ccco3)no2)C1. The highest BCUT2D eigenvalue weighted by Crippen LogP contribution is 2.29. The maximum absolute atomic E-state index is 12.5. The number of hydrogen-bond acceptors (Lipinski definition) is 7. The van der Waals surface area contributed by atoms with Gasteiger partial charge in [0.15, 0.2) is 17.2 Å². The third-order valence-corrected chi connectivity index (χ3v) is 4.28. The smallest absolute Gasteiger partial charge is 0.274 e. The second kappa shape index (κ2) is 5.73. The summed E-state index contributed by atoms with van der Waals surface area (Å²) in [5.41, 5.74) is 1.01. The number of carbonyl (C=O) groups excluding carboxylic acids is 1. The summed E-state index contributed by atoms with van der Waals surface area (Å²) >= 11 is 0. The molecule has 0 aromatic carbocycles. The van der Waals surface area contributed by atoms with Crippen LogP contribution in [0.25, 0.3) is 23.0 Å². The molecule has 0 saturated carbocycles. The van der Waals surface area contributed by atoms with Crippen LogP contribution < -0.4 is 0 Å². The minimum Gasteiger partial charge on any atom is -0.463 e. The van der Waals surface area contributed by atoms with Crippen LogP contribution in [-0.2, 0) is 0 Å². The fraction of sp³-hybridized carbons (Fsp3) is 0.176. The molecule has 4 aromatic heterocycles. The van der Waals surface area contributed by atoms with Crippen LogP contribution in [0.5, 0.6) is 0 Å². The van der Waals surface area contributed by atoms with Crippen molar-refractivity contribution in [1.29, 1.82) is 0 Å². The highest BCUT2D eigenvalue weighted by Gasteiger charge is 2.37. The molecule has 0 spiro atoms. The first-order valence-electron chi connectivity index (χ1n) is 8.04. The number of furan rings is 2. The summed E-state index contributed by atoms with van der Waals surface area (Å²) in [5, 5.41) is 10.8. The number of nitrogens with zero attached hydrogens (tertiary/aromatic N) is 4. The molecule has 9 nitrogen and oxygen atoms in total. The largest absolute Gasteiger partial charge is 0.463 e. The van der Waals surface area contributed by atoms with Gasteiger partial charge < -0.3 is 18.3 Å². The van der Waals surface area contributed by atoms with Crippen LogP contribution >= 0.6 is 0 Å². The summed E-state index contributed by atoms with van der Waals surface area (Å²) in [6.07, 6.45) is 3.12. The number of aromatic nitrogens is 4. The molecule has 4 aromatic rings. The Balaban J connectivity index is 1.25. The number of aromatic amines is 1. The van der Waals surface area contributed by atoms with Gasteiger partial charge in [-0.2, -0.15) is 10.1 Å². The average Bonchev–Trinajstić information content (AvgIpc) is 3.40. The van der Waals surface area contributed by atoms with E-state index in [0.717, 1.165) is 0 Å². The van der Waals surface area contributed by atoms with E-state index in [1.807, 2.05) is 0 Å². The number of likely N-dealkylation sites (tertiary alicyclic amines) is 1. The van der Waals surface area contributed by atoms with Crippen molar-refractivity contribution in [1.82, 2.24) is 25.2 Å². The van der Waals surface area contributed by atoms with Crippen LogP contribution in [0.4, 0.5) is 0 Å². The van der Waals surface area contributed by atoms with E-state index in [1.54, 1.807) is 47.8 Å². The van der Waals surface area contributed by atoms with Gasteiger partial charge in [-0.15, -0.1) is 0 Å². The Kier molecular flexibility index (Phi) is 3.24. The molecule has 1 aliphatic rings. The number of H-pyrrole nitrogens is 1. The van der Waals surface area contributed by atoms with E-state index < -0.39 is 0 Å². The third-order valence-electron chi connectivity index (χ3n) is 4.28. The lowest BCUT2D eigenvalue weighted by atomic mass is 9.99. The van der Waals surface area contributed by atoms with Gasteiger partial charge in [0.2, 0.25) is 11.7 Å². The number of nitrogens with one attached hydrogen (secondary N) is 1. The molecule has 1 aliphatic heterocycles.